The van der Waals surface area contributed by atoms with Crippen LogP contribution in [0.25, 0.3) is 0 Å². The summed E-state index contributed by atoms with van der Waals surface area (Å²) in [7, 11) is 1.18. The monoisotopic (exact) mass is 280 g/mol. The van der Waals surface area contributed by atoms with Crippen LogP contribution < -0.4 is 4.74 Å². The number of rotatable bonds is 3. The second-order valence-electron chi connectivity index (χ2n) is 4.54. The van der Waals surface area contributed by atoms with Crippen molar-refractivity contribution in [3.63, 3.8) is 0 Å². The molecule has 1 aliphatic rings. The van der Waals surface area contributed by atoms with Crippen molar-refractivity contribution in [2.45, 2.75) is 31.0 Å². The molecule has 1 aliphatic carbocycles. The van der Waals surface area contributed by atoms with Gasteiger partial charge >= 0.3 is 6.18 Å². The van der Waals surface area contributed by atoms with Crippen LogP contribution in [0.4, 0.5) is 13.2 Å². The van der Waals surface area contributed by atoms with Crippen LogP contribution in [0.5, 0.6) is 5.75 Å². The summed E-state index contributed by atoms with van der Waals surface area (Å²) in [4.78, 5) is 0. The lowest BCUT2D eigenvalue weighted by atomic mass is 10.0. The molecule has 1 fully saturated rings. The van der Waals surface area contributed by atoms with Crippen LogP contribution in [0.1, 0.15) is 24.0 Å². The Hall–Kier alpha value is -0.940. The van der Waals surface area contributed by atoms with Crippen molar-refractivity contribution in [2.24, 2.45) is 0 Å². The highest BCUT2D eigenvalue weighted by Gasteiger charge is 2.42. The molecule has 1 aromatic carbocycles. The summed E-state index contributed by atoms with van der Waals surface area (Å²) in [5, 5.41) is 9.80. The van der Waals surface area contributed by atoms with Gasteiger partial charge in [0.2, 0.25) is 0 Å². The van der Waals surface area contributed by atoms with Gasteiger partial charge in [-0.05, 0) is 30.5 Å². The molecule has 0 amide bonds. The predicted molar refractivity (Wildman–Crippen MR) is 60.9 cm³/mol. The highest BCUT2D eigenvalue weighted by Crippen LogP contribution is 2.44. The molecular formula is C12H12ClF3O2. The minimum absolute atomic E-state index is 0.0117. The summed E-state index contributed by atoms with van der Waals surface area (Å²) in [5.74, 6) is -0.257. The molecule has 0 radical (unpaired) electrons. The lowest BCUT2D eigenvalue weighted by Gasteiger charge is -2.18. The molecule has 2 rings (SSSR count). The Morgan fingerprint density at radius 2 is 2.00 bits per heavy atom. The zero-order valence-electron chi connectivity index (χ0n) is 9.64. The molecule has 0 bridgehead atoms. The maximum Gasteiger partial charge on any atom is 0.420 e. The molecule has 2 nitrogen and oxygen atoms in total. The van der Waals surface area contributed by atoms with Crippen LogP contribution in [-0.4, -0.2) is 17.8 Å². The minimum Gasteiger partial charge on any atom is -0.496 e. The summed E-state index contributed by atoms with van der Waals surface area (Å²) < 4.78 is 43.4. The Balaban J connectivity index is 2.47. The van der Waals surface area contributed by atoms with Gasteiger partial charge in [-0.2, -0.15) is 13.2 Å². The number of hydrogen-bond acceptors (Lipinski definition) is 2. The highest BCUT2D eigenvalue weighted by molar-refractivity contribution is 6.30. The van der Waals surface area contributed by atoms with E-state index in [-0.39, 0.29) is 22.8 Å². The first-order chi connectivity index (χ1) is 8.25. The van der Waals surface area contributed by atoms with E-state index in [1.54, 1.807) is 0 Å². The molecule has 0 spiro atoms. The van der Waals surface area contributed by atoms with Crippen molar-refractivity contribution in [1.82, 2.24) is 0 Å². The van der Waals surface area contributed by atoms with Gasteiger partial charge in [0.05, 0.1) is 18.3 Å². The molecule has 0 heterocycles. The van der Waals surface area contributed by atoms with Crippen molar-refractivity contribution in [3.8, 4) is 5.75 Å². The van der Waals surface area contributed by atoms with E-state index < -0.39 is 17.3 Å². The molecule has 100 valence electrons. The average molecular weight is 281 g/mol. The van der Waals surface area contributed by atoms with Gasteiger partial charge in [-0.1, -0.05) is 11.6 Å². The standard InChI is InChI=1S/C12H12ClF3O2/c1-18-10-7(6-11(17)2-3-11)4-8(13)5-9(10)12(14,15)16/h4-5,17H,2-3,6H2,1H3. The van der Waals surface area contributed by atoms with E-state index >= 15 is 0 Å². The van der Waals surface area contributed by atoms with Crippen molar-refractivity contribution in [3.05, 3.63) is 28.3 Å². The van der Waals surface area contributed by atoms with E-state index in [2.05, 4.69) is 0 Å². The summed E-state index contributed by atoms with van der Waals surface area (Å²) >= 11 is 5.70. The molecular weight excluding hydrogens is 269 g/mol. The summed E-state index contributed by atoms with van der Waals surface area (Å²) in [6, 6.07) is 2.24. The first kappa shape index (κ1) is 13.5. The first-order valence-electron chi connectivity index (χ1n) is 5.41. The molecule has 0 aliphatic heterocycles. The van der Waals surface area contributed by atoms with Crippen molar-refractivity contribution in [2.75, 3.05) is 7.11 Å². The topological polar surface area (TPSA) is 29.5 Å². The fourth-order valence-electron chi connectivity index (χ4n) is 1.91. The molecule has 1 N–H and O–H groups in total. The predicted octanol–water partition coefficient (Wildman–Crippen LogP) is 3.43. The van der Waals surface area contributed by atoms with Crippen molar-refractivity contribution in [1.29, 1.82) is 0 Å². The number of aliphatic hydroxyl groups is 1. The second-order valence-corrected chi connectivity index (χ2v) is 4.98. The van der Waals surface area contributed by atoms with E-state index in [0.29, 0.717) is 12.8 Å². The third-order valence-corrected chi connectivity index (χ3v) is 3.21. The third kappa shape index (κ3) is 2.72. The van der Waals surface area contributed by atoms with Gasteiger partial charge in [0, 0.05) is 11.4 Å². The molecule has 6 heteroatoms. The van der Waals surface area contributed by atoms with Gasteiger partial charge < -0.3 is 9.84 Å². The first-order valence-corrected chi connectivity index (χ1v) is 5.79. The van der Waals surface area contributed by atoms with Crippen LogP contribution >= 0.6 is 11.6 Å². The normalized spacial score (nSPS) is 17.7. The number of alkyl halides is 3. The number of halogens is 4. The lowest BCUT2D eigenvalue weighted by Crippen LogP contribution is -2.15. The van der Waals surface area contributed by atoms with Gasteiger partial charge in [0.15, 0.2) is 0 Å². The molecule has 1 aromatic rings. The van der Waals surface area contributed by atoms with E-state index in [9.17, 15) is 18.3 Å². The van der Waals surface area contributed by atoms with E-state index in [4.69, 9.17) is 16.3 Å². The fourth-order valence-corrected chi connectivity index (χ4v) is 2.15. The van der Waals surface area contributed by atoms with Crippen molar-refractivity contribution < 1.29 is 23.0 Å². The quantitative estimate of drug-likeness (QED) is 0.919. The number of hydrogen-bond donors (Lipinski definition) is 1. The maximum atomic E-state index is 12.8. The Morgan fingerprint density at radius 3 is 2.44 bits per heavy atom. The van der Waals surface area contributed by atoms with E-state index in [0.717, 1.165) is 6.07 Å². The highest BCUT2D eigenvalue weighted by atomic mass is 35.5. The molecule has 0 unspecified atom stereocenters. The molecule has 0 atom stereocenters. The molecule has 0 aromatic heterocycles. The summed E-state index contributed by atoms with van der Waals surface area (Å²) in [6.07, 6.45) is -3.23. The Morgan fingerprint density at radius 1 is 1.39 bits per heavy atom. The zero-order valence-corrected chi connectivity index (χ0v) is 10.4. The van der Waals surface area contributed by atoms with E-state index in [1.165, 1.54) is 13.2 Å². The fraction of sp³-hybridized carbons (Fsp3) is 0.500. The lowest BCUT2D eigenvalue weighted by molar-refractivity contribution is -0.138. The zero-order chi connectivity index (χ0) is 13.6. The van der Waals surface area contributed by atoms with Crippen LogP contribution in [0.3, 0.4) is 0 Å². The van der Waals surface area contributed by atoms with Crippen LogP contribution in [0.2, 0.25) is 5.02 Å². The van der Waals surface area contributed by atoms with Gasteiger partial charge in [-0.15, -0.1) is 0 Å². The summed E-state index contributed by atoms with van der Waals surface area (Å²) in [6.45, 7) is 0. The molecule has 1 saturated carbocycles. The number of ether oxygens (including phenoxy) is 1. The van der Waals surface area contributed by atoms with Gasteiger partial charge in [-0.25, -0.2) is 0 Å². The van der Waals surface area contributed by atoms with Crippen LogP contribution in [0, 0.1) is 0 Å². The van der Waals surface area contributed by atoms with Crippen LogP contribution in [0.15, 0.2) is 12.1 Å². The van der Waals surface area contributed by atoms with Gasteiger partial charge in [0.1, 0.15) is 5.75 Å². The smallest absolute Gasteiger partial charge is 0.420 e. The van der Waals surface area contributed by atoms with Crippen LogP contribution in [-0.2, 0) is 12.6 Å². The largest absolute Gasteiger partial charge is 0.496 e. The van der Waals surface area contributed by atoms with Gasteiger partial charge in [-0.3, -0.25) is 0 Å². The van der Waals surface area contributed by atoms with Gasteiger partial charge in [0.25, 0.3) is 0 Å². The Bertz CT molecular complexity index is 467. The van der Waals surface area contributed by atoms with E-state index in [1.807, 2.05) is 0 Å². The molecule has 0 saturated heterocycles. The Kier molecular flexibility index (Phi) is 3.23. The minimum atomic E-state index is -4.53. The average Bonchev–Trinajstić information content (AvgIpc) is 2.94. The second kappa shape index (κ2) is 4.31. The third-order valence-electron chi connectivity index (χ3n) is 2.99. The number of benzene rings is 1. The van der Waals surface area contributed by atoms with Crippen molar-refractivity contribution >= 4 is 11.6 Å². The SMILES string of the molecule is COc1c(CC2(O)CC2)cc(Cl)cc1C(F)(F)F. The number of methoxy groups -OCH3 is 1. The summed E-state index contributed by atoms with van der Waals surface area (Å²) in [5.41, 5.74) is -1.52. The maximum absolute atomic E-state index is 12.8. The molecule has 18 heavy (non-hydrogen) atoms. The Labute approximate surface area is 107 Å².